The van der Waals surface area contributed by atoms with Crippen LogP contribution in [0.4, 0.5) is 5.69 Å². The molecule has 1 aliphatic rings. The van der Waals surface area contributed by atoms with Crippen molar-refractivity contribution in [3.63, 3.8) is 0 Å². The van der Waals surface area contributed by atoms with Gasteiger partial charge in [-0.25, -0.2) is 0 Å². The molecule has 2 rings (SSSR count). The SMILES string of the molecule is CC[S@@](=O)[C@@H]1CCCC[C@@H]1NCc1ccccc1NC(C)=O. The largest absolute Gasteiger partial charge is 0.326 e. The van der Waals surface area contributed by atoms with E-state index >= 15 is 0 Å². The minimum atomic E-state index is -0.748. The van der Waals surface area contributed by atoms with Gasteiger partial charge in [-0.15, -0.1) is 0 Å². The standard InChI is InChI=1S/C17H26N2O2S/c1-3-22(21)17-11-7-6-10-16(17)18-12-14-8-4-5-9-15(14)19-13(2)20/h4-5,8-9,16-18H,3,6-7,10-12H2,1-2H3,(H,19,20)/t16-,17+,22+/m0/s1. The van der Waals surface area contributed by atoms with Gasteiger partial charge in [-0.1, -0.05) is 38.0 Å². The van der Waals surface area contributed by atoms with Crippen molar-refractivity contribution in [2.45, 2.75) is 57.4 Å². The third-order valence-electron chi connectivity index (χ3n) is 4.21. The van der Waals surface area contributed by atoms with Crippen LogP contribution in [0.1, 0.15) is 45.1 Å². The van der Waals surface area contributed by atoms with E-state index in [1.807, 2.05) is 31.2 Å². The molecule has 0 unspecified atom stereocenters. The van der Waals surface area contributed by atoms with Crippen LogP contribution in [0, 0.1) is 0 Å². The van der Waals surface area contributed by atoms with Crippen LogP contribution >= 0.6 is 0 Å². The number of carbonyl (C=O) groups is 1. The number of amides is 1. The number of hydrogen-bond acceptors (Lipinski definition) is 3. The summed E-state index contributed by atoms with van der Waals surface area (Å²) in [5, 5.41) is 6.70. The minimum absolute atomic E-state index is 0.0601. The number of anilines is 1. The van der Waals surface area contributed by atoms with E-state index < -0.39 is 10.8 Å². The molecule has 0 bridgehead atoms. The molecular formula is C17H26N2O2S. The van der Waals surface area contributed by atoms with E-state index in [0.29, 0.717) is 12.6 Å². The van der Waals surface area contributed by atoms with Crippen molar-refractivity contribution in [1.29, 1.82) is 0 Å². The van der Waals surface area contributed by atoms with E-state index in [1.165, 1.54) is 19.8 Å². The van der Waals surface area contributed by atoms with Gasteiger partial charge in [0.2, 0.25) is 5.91 Å². The maximum Gasteiger partial charge on any atom is 0.221 e. The first kappa shape index (κ1) is 17.2. The molecule has 5 heteroatoms. The molecule has 1 aromatic rings. The number of nitrogens with one attached hydrogen (secondary N) is 2. The monoisotopic (exact) mass is 322 g/mol. The van der Waals surface area contributed by atoms with Gasteiger partial charge >= 0.3 is 0 Å². The van der Waals surface area contributed by atoms with Crippen LogP contribution in [-0.4, -0.2) is 27.2 Å². The Morgan fingerprint density at radius 1 is 1.27 bits per heavy atom. The van der Waals surface area contributed by atoms with Gasteiger partial charge < -0.3 is 10.6 Å². The summed E-state index contributed by atoms with van der Waals surface area (Å²) in [7, 11) is -0.748. The lowest BCUT2D eigenvalue weighted by Crippen LogP contribution is -2.44. The Morgan fingerprint density at radius 3 is 2.73 bits per heavy atom. The minimum Gasteiger partial charge on any atom is -0.326 e. The Kier molecular flexibility index (Phi) is 6.58. The molecule has 0 saturated heterocycles. The molecule has 1 saturated carbocycles. The predicted molar refractivity (Wildman–Crippen MR) is 92.3 cm³/mol. The Labute approximate surface area is 135 Å². The second-order valence-corrected chi connectivity index (χ2v) is 7.76. The molecule has 0 spiro atoms. The molecule has 0 radical (unpaired) electrons. The summed E-state index contributed by atoms with van der Waals surface area (Å²) in [5.74, 6) is 0.667. The molecule has 122 valence electrons. The van der Waals surface area contributed by atoms with Gasteiger partial charge in [0, 0.05) is 41.8 Å². The van der Waals surface area contributed by atoms with Crippen LogP contribution in [0.5, 0.6) is 0 Å². The molecule has 0 aromatic heterocycles. The van der Waals surface area contributed by atoms with Gasteiger partial charge in [0.1, 0.15) is 0 Å². The summed E-state index contributed by atoms with van der Waals surface area (Å²) in [4.78, 5) is 11.3. The zero-order valence-corrected chi connectivity index (χ0v) is 14.2. The van der Waals surface area contributed by atoms with Crippen molar-refractivity contribution in [2.75, 3.05) is 11.1 Å². The van der Waals surface area contributed by atoms with Crippen molar-refractivity contribution in [3.05, 3.63) is 29.8 Å². The number of para-hydroxylation sites is 1. The van der Waals surface area contributed by atoms with E-state index in [9.17, 15) is 9.00 Å². The summed E-state index contributed by atoms with van der Waals surface area (Å²) in [6, 6.07) is 8.14. The fourth-order valence-corrected chi connectivity index (χ4v) is 4.54. The number of carbonyl (C=O) groups excluding carboxylic acids is 1. The van der Waals surface area contributed by atoms with Crippen molar-refractivity contribution < 1.29 is 9.00 Å². The molecule has 2 N–H and O–H groups in total. The van der Waals surface area contributed by atoms with Crippen LogP contribution in [0.2, 0.25) is 0 Å². The maximum atomic E-state index is 12.2. The fourth-order valence-electron chi connectivity index (χ4n) is 3.09. The van der Waals surface area contributed by atoms with Gasteiger partial charge in [0.25, 0.3) is 0 Å². The predicted octanol–water partition coefficient (Wildman–Crippen LogP) is 2.81. The van der Waals surface area contributed by atoms with Crippen LogP contribution in [-0.2, 0) is 22.1 Å². The average Bonchev–Trinajstić information content (AvgIpc) is 2.53. The Bertz CT molecular complexity index is 533. The van der Waals surface area contributed by atoms with E-state index in [-0.39, 0.29) is 11.2 Å². The second-order valence-electron chi connectivity index (χ2n) is 5.82. The average molecular weight is 322 g/mol. The molecule has 22 heavy (non-hydrogen) atoms. The lowest BCUT2D eigenvalue weighted by atomic mass is 9.94. The zero-order chi connectivity index (χ0) is 15.9. The second kappa shape index (κ2) is 8.44. The lowest BCUT2D eigenvalue weighted by Gasteiger charge is -2.31. The van der Waals surface area contributed by atoms with Crippen LogP contribution in [0.15, 0.2) is 24.3 Å². The van der Waals surface area contributed by atoms with Crippen molar-refractivity contribution in [1.82, 2.24) is 5.32 Å². The maximum absolute atomic E-state index is 12.2. The number of hydrogen-bond donors (Lipinski definition) is 2. The van der Waals surface area contributed by atoms with E-state index in [4.69, 9.17) is 0 Å². The van der Waals surface area contributed by atoms with Crippen molar-refractivity contribution >= 4 is 22.4 Å². The molecule has 4 nitrogen and oxygen atoms in total. The smallest absolute Gasteiger partial charge is 0.221 e. The molecule has 3 atom stereocenters. The highest BCUT2D eigenvalue weighted by atomic mass is 32.2. The van der Waals surface area contributed by atoms with Gasteiger partial charge in [0.15, 0.2) is 0 Å². The third-order valence-corrected chi connectivity index (χ3v) is 6.02. The number of benzene rings is 1. The molecular weight excluding hydrogens is 296 g/mol. The summed E-state index contributed by atoms with van der Waals surface area (Å²) in [6.45, 7) is 4.21. The highest BCUT2D eigenvalue weighted by Gasteiger charge is 2.28. The van der Waals surface area contributed by atoms with Gasteiger partial charge in [-0.2, -0.15) is 0 Å². The van der Waals surface area contributed by atoms with E-state index in [2.05, 4.69) is 10.6 Å². The van der Waals surface area contributed by atoms with Gasteiger partial charge in [-0.05, 0) is 24.5 Å². The summed E-state index contributed by atoms with van der Waals surface area (Å²) >= 11 is 0. The molecule has 1 aromatic carbocycles. The lowest BCUT2D eigenvalue weighted by molar-refractivity contribution is -0.114. The van der Waals surface area contributed by atoms with Crippen molar-refractivity contribution in [3.8, 4) is 0 Å². The Hall–Kier alpha value is -1.20. The van der Waals surface area contributed by atoms with Gasteiger partial charge in [0.05, 0.1) is 5.25 Å². The first-order valence-electron chi connectivity index (χ1n) is 8.08. The molecule has 0 aliphatic heterocycles. The Balaban J connectivity index is 2.02. The van der Waals surface area contributed by atoms with Crippen molar-refractivity contribution in [2.24, 2.45) is 0 Å². The quantitative estimate of drug-likeness (QED) is 0.847. The summed E-state index contributed by atoms with van der Waals surface area (Å²) in [6.07, 6.45) is 4.50. The summed E-state index contributed by atoms with van der Waals surface area (Å²) in [5.41, 5.74) is 1.93. The third kappa shape index (κ3) is 4.65. The molecule has 0 heterocycles. The zero-order valence-electron chi connectivity index (χ0n) is 13.4. The first-order chi connectivity index (χ1) is 10.6. The summed E-state index contributed by atoms with van der Waals surface area (Å²) < 4.78 is 12.2. The van der Waals surface area contributed by atoms with E-state index in [0.717, 1.165) is 29.8 Å². The highest BCUT2D eigenvalue weighted by molar-refractivity contribution is 7.85. The van der Waals surface area contributed by atoms with E-state index in [1.54, 1.807) is 0 Å². The van der Waals surface area contributed by atoms with Crippen LogP contribution < -0.4 is 10.6 Å². The molecule has 1 aliphatic carbocycles. The van der Waals surface area contributed by atoms with Gasteiger partial charge in [-0.3, -0.25) is 9.00 Å². The van der Waals surface area contributed by atoms with Crippen LogP contribution in [0.25, 0.3) is 0 Å². The first-order valence-corrected chi connectivity index (χ1v) is 9.46. The highest BCUT2D eigenvalue weighted by Crippen LogP contribution is 2.24. The van der Waals surface area contributed by atoms with Crippen LogP contribution in [0.3, 0.4) is 0 Å². The Morgan fingerprint density at radius 2 is 2.00 bits per heavy atom. The molecule has 1 fully saturated rings. The normalized spacial score (nSPS) is 23.0. The number of rotatable bonds is 6. The molecule has 1 amide bonds. The topological polar surface area (TPSA) is 58.2 Å². The fraction of sp³-hybridized carbons (Fsp3) is 0.588.